The first-order valence-corrected chi connectivity index (χ1v) is 7.16. The Morgan fingerprint density at radius 3 is 2.41 bits per heavy atom. The highest BCUT2D eigenvalue weighted by Gasteiger charge is 2.78. The van der Waals surface area contributed by atoms with Crippen molar-refractivity contribution in [2.24, 2.45) is 29.1 Å². The van der Waals surface area contributed by atoms with Crippen LogP contribution < -0.4 is 0 Å². The van der Waals surface area contributed by atoms with Gasteiger partial charge >= 0.3 is 0 Å². The second-order valence-corrected chi connectivity index (χ2v) is 7.71. The largest absolute Gasteiger partial charge is 0.390 e. The maximum atomic E-state index is 10.5. The molecule has 0 heterocycles. The molecule has 0 saturated heterocycles. The quantitative estimate of drug-likeness (QED) is 0.737. The third-order valence-corrected chi connectivity index (χ3v) is 6.35. The summed E-state index contributed by atoms with van der Waals surface area (Å²) in [5, 5.41) is 20.9. The van der Waals surface area contributed by atoms with E-state index < -0.39 is 11.2 Å². The van der Waals surface area contributed by atoms with Crippen molar-refractivity contribution in [3.8, 4) is 0 Å². The molecule has 6 atom stereocenters. The molecule has 2 nitrogen and oxygen atoms in total. The molecule has 6 unspecified atom stereocenters. The van der Waals surface area contributed by atoms with Crippen molar-refractivity contribution in [2.45, 2.75) is 64.6 Å². The van der Waals surface area contributed by atoms with Crippen molar-refractivity contribution < 1.29 is 10.2 Å². The van der Waals surface area contributed by atoms with E-state index in [9.17, 15) is 10.2 Å². The van der Waals surface area contributed by atoms with E-state index in [-0.39, 0.29) is 0 Å². The van der Waals surface area contributed by atoms with Crippen LogP contribution in [0.1, 0.15) is 53.4 Å². The Balaban J connectivity index is 1.94. The molecule has 3 saturated carbocycles. The SMILES string of the molecule is CC1CCC(C(C)(C)O)C2C3C(C)(O)CCC123. The van der Waals surface area contributed by atoms with Crippen LogP contribution >= 0.6 is 0 Å². The highest BCUT2D eigenvalue weighted by atomic mass is 16.3. The second kappa shape index (κ2) is 3.08. The van der Waals surface area contributed by atoms with E-state index in [1.165, 1.54) is 12.8 Å². The van der Waals surface area contributed by atoms with Gasteiger partial charge in [-0.05, 0) is 75.5 Å². The standard InChI is InChI=1S/C15H26O2/c1-9-5-6-10(13(2,3)16)11-12-14(4,17)7-8-15(9,11)12/h9-12,16-17H,5-8H2,1-4H3. The predicted molar refractivity (Wildman–Crippen MR) is 67.5 cm³/mol. The first kappa shape index (κ1) is 12.0. The molecule has 3 aliphatic rings. The van der Waals surface area contributed by atoms with Crippen molar-refractivity contribution in [3.63, 3.8) is 0 Å². The Morgan fingerprint density at radius 2 is 1.82 bits per heavy atom. The molecule has 0 aliphatic heterocycles. The molecular weight excluding hydrogens is 212 g/mol. The van der Waals surface area contributed by atoms with Crippen LogP contribution in [-0.2, 0) is 0 Å². The third kappa shape index (κ3) is 1.34. The lowest BCUT2D eigenvalue weighted by Gasteiger charge is -2.39. The molecule has 0 radical (unpaired) electrons. The fourth-order valence-corrected chi connectivity index (χ4v) is 5.56. The summed E-state index contributed by atoms with van der Waals surface area (Å²) in [7, 11) is 0. The Kier molecular flexibility index (Phi) is 2.17. The summed E-state index contributed by atoms with van der Waals surface area (Å²) in [6.45, 7) is 8.27. The third-order valence-electron chi connectivity index (χ3n) is 6.35. The van der Waals surface area contributed by atoms with Gasteiger partial charge < -0.3 is 10.2 Å². The first-order chi connectivity index (χ1) is 7.71. The number of aliphatic hydroxyl groups is 2. The van der Waals surface area contributed by atoms with Crippen LogP contribution in [0.25, 0.3) is 0 Å². The maximum absolute atomic E-state index is 10.5. The van der Waals surface area contributed by atoms with Gasteiger partial charge in [-0.3, -0.25) is 0 Å². The Hall–Kier alpha value is -0.0800. The normalized spacial score (nSPS) is 57.5. The molecule has 3 aliphatic carbocycles. The summed E-state index contributed by atoms with van der Waals surface area (Å²) >= 11 is 0. The Labute approximate surface area is 104 Å². The predicted octanol–water partition coefficient (Wildman–Crippen LogP) is 2.58. The molecule has 2 heteroatoms. The Bertz CT molecular complexity index is 341. The van der Waals surface area contributed by atoms with Gasteiger partial charge in [0.1, 0.15) is 0 Å². The molecule has 0 amide bonds. The Morgan fingerprint density at radius 1 is 1.18 bits per heavy atom. The van der Waals surface area contributed by atoms with Gasteiger partial charge in [0.2, 0.25) is 0 Å². The zero-order valence-electron chi connectivity index (χ0n) is 11.5. The van der Waals surface area contributed by atoms with Crippen LogP contribution in [0.3, 0.4) is 0 Å². The van der Waals surface area contributed by atoms with E-state index in [4.69, 9.17) is 0 Å². The molecule has 17 heavy (non-hydrogen) atoms. The van der Waals surface area contributed by atoms with Crippen LogP contribution in [0, 0.1) is 29.1 Å². The van der Waals surface area contributed by atoms with E-state index >= 15 is 0 Å². The van der Waals surface area contributed by atoms with Gasteiger partial charge in [0.25, 0.3) is 0 Å². The maximum Gasteiger partial charge on any atom is 0.0656 e. The molecule has 2 N–H and O–H groups in total. The van der Waals surface area contributed by atoms with Crippen LogP contribution in [0.2, 0.25) is 0 Å². The summed E-state index contributed by atoms with van der Waals surface area (Å²) in [6.07, 6.45) is 4.47. The van der Waals surface area contributed by atoms with Crippen LogP contribution in [0.4, 0.5) is 0 Å². The minimum Gasteiger partial charge on any atom is -0.390 e. The average Bonchev–Trinajstić information content (AvgIpc) is 2.78. The molecule has 0 bridgehead atoms. The van der Waals surface area contributed by atoms with E-state index in [1.807, 2.05) is 20.8 Å². The number of rotatable bonds is 1. The molecule has 0 aromatic rings. The lowest BCUT2D eigenvalue weighted by Crippen LogP contribution is -2.39. The first-order valence-electron chi connectivity index (χ1n) is 7.16. The summed E-state index contributed by atoms with van der Waals surface area (Å²) in [5.74, 6) is 2.12. The molecule has 0 aromatic heterocycles. The van der Waals surface area contributed by atoms with E-state index in [2.05, 4.69) is 6.92 Å². The van der Waals surface area contributed by atoms with Crippen molar-refractivity contribution in [1.82, 2.24) is 0 Å². The topological polar surface area (TPSA) is 40.5 Å². The molecule has 3 rings (SSSR count). The van der Waals surface area contributed by atoms with E-state index in [0.29, 0.717) is 23.2 Å². The van der Waals surface area contributed by atoms with E-state index in [0.717, 1.165) is 18.8 Å². The summed E-state index contributed by atoms with van der Waals surface area (Å²) in [6, 6.07) is 0. The minimum absolute atomic E-state index is 0.367. The van der Waals surface area contributed by atoms with Crippen molar-refractivity contribution >= 4 is 0 Å². The van der Waals surface area contributed by atoms with Crippen molar-refractivity contribution in [2.75, 3.05) is 0 Å². The van der Waals surface area contributed by atoms with Crippen LogP contribution in [-0.4, -0.2) is 21.4 Å². The van der Waals surface area contributed by atoms with Gasteiger partial charge in [0, 0.05) is 0 Å². The summed E-state index contributed by atoms with van der Waals surface area (Å²) in [4.78, 5) is 0. The van der Waals surface area contributed by atoms with E-state index in [1.54, 1.807) is 0 Å². The average molecular weight is 238 g/mol. The lowest BCUT2D eigenvalue weighted by atomic mass is 9.68. The molecule has 0 aromatic carbocycles. The molecule has 98 valence electrons. The highest BCUT2D eigenvalue weighted by molar-refractivity contribution is 5.27. The van der Waals surface area contributed by atoms with Crippen molar-refractivity contribution in [3.05, 3.63) is 0 Å². The fourth-order valence-electron chi connectivity index (χ4n) is 5.56. The van der Waals surface area contributed by atoms with Gasteiger partial charge in [0.05, 0.1) is 11.2 Å². The zero-order valence-corrected chi connectivity index (χ0v) is 11.5. The lowest BCUT2D eigenvalue weighted by molar-refractivity contribution is -0.0361. The van der Waals surface area contributed by atoms with Crippen LogP contribution in [0.5, 0.6) is 0 Å². The van der Waals surface area contributed by atoms with Gasteiger partial charge in [-0.25, -0.2) is 0 Å². The van der Waals surface area contributed by atoms with Gasteiger partial charge in [0.15, 0.2) is 0 Å². The smallest absolute Gasteiger partial charge is 0.0656 e. The summed E-state index contributed by atoms with van der Waals surface area (Å²) < 4.78 is 0. The van der Waals surface area contributed by atoms with Gasteiger partial charge in [-0.1, -0.05) is 6.92 Å². The zero-order chi connectivity index (χ0) is 12.6. The number of hydrogen-bond donors (Lipinski definition) is 2. The monoisotopic (exact) mass is 238 g/mol. The number of hydrogen-bond acceptors (Lipinski definition) is 2. The second-order valence-electron chi connectivity index (χ2n) is 7.71. The fraction of sp³-hybridized carbons (Fsp3) is 1.00. The van der Waals surface area contributed by atoms with Crippen molar-refractivity contribution in [1.29, 1.82) is 0 Å². The number of fused-ring (bicyclic) bond motifs is 1. The van der Waals surface area contributed by atoms with Gasteiger partial charge in [-0.2, -0.15) is 0 Å². The van der Waals surface area contributed by atoms with Gasteiger partial charge in [-0.15, -0.1) is 0 Å². The summed E-state index contributed by atoms with van der Waals surface area (Å²) in [5.41, 5.74) is -0.697. The molecule has 1 spiro atoms. The molecular formula is C15H26O2. The minimum atomic E-state index is -0.585. The molecule has 3 fully saturated rings. The highest BCUT2D eigenvalue weighted by Crippen LogP contribution is 2.80. The van der Waals surface area contributed by atoms with Crippen LogP contribution in [0.15, 0.2) is 0 Å².